The zero-order valence-electron chi connectivity index (χ0n) is 12.5. The summed E-state index contributed by atoms with van der Waals surface area (Å²) in [6, 6.07) is 13.6. The number of hydrogen-bond donors (Lipinski definition) is 1. The van der Waals surface area contributed by atoms with Crippen LogP contribution in [-0.4, -0.2) is 13.1 Å². The zero-order valence-corrected chi connectivity index (χ0v) is 13.3. The quantitative estimate of drug-likeness (QED) is 0.825. The summed E-state index contributed by atoms with van der Waals surface area (Å²) in [6.45, 7) is 2.13. The predicted octanol–water partition coefficient (Wildman–Crippen LogP) is 4.55. The molecule has 0 bridgehead atoms. The highest BCUT2D eigenvalue weighted by Gasteiger charge is 2.11. The molecule has 0 saturated carbocycles. The Morgan fingerprint density at radius 1 is 1.14 bits per heavy atom. The van der Waals surface area contributed by atoms with Gasteiger partial charge in [-0.15, -0.1) is 0 Å². The number of halogens is 2. The van der Waals surface area contributed by atoms with Crippen LogP contribution in [0.1, 0.15) is 23.1 Å². The van der Waals surface area contributed by atoms with E-state index in [4.69, 9.17) is 11.6 Å². The summed E-state index contributed by atoms with van der Waals surface area (Å²) in [4.78, 5) is 0. The number of likely N-dealkylation sites (N-methyl/N-ethyl adjacent to an activating group) is 1. The van der Waals surface area contributed by atoms with E-state index < -0.39 is 0 Å². The first-order valence-electron chi connectivity index (χ1n) is 7.26. The maximum atomic E-state index is 13.9. The van der Waals surface area contributed by atoms with Crippen molar-refractivity contribution in [3.63, 3.8) is 0 Å². The lowest BCUT2D eigenvalue weighted by Gasteiger charge is -2.17. The molecule has 0 aliphatic carbocycles. The zero-order chi connectivity index (χ0) is 15.2. The van der Waals surface area contributed by atoms with Gasteiger partial charge in [0.1, 0.15) is 5.82 Å². The number of nitrogens with one attached hydrogen (secondary N) is 1. The van der Waals surface area contributed by atoms with Crippen LogP contribution in [0.2, 0.25) is 5.02 Å². The molecule has 0 saturated heterocycles. The summed E-state index contributed by atoms with van der Waals surface area (Å²) in [7, 11) is 1.93. The largest absolute Gasteiger partial charge is 0.317 e. The molecule has 0 heterocycles. The van der Waals surface area contributed by atoms with Gasteiger partial charge in [0.15, 0.2) is 0 Å². The highest BCUT2D eigenvalue weighted by Crippen LogP contribution is 2.18. The lowest BCUT2D eigenvalue weighted by molar-refractivity contribution is 0.504. The van der Waals surface area contributed by atoms with Crippen LogP contribution >= 0.6 is 11.6 Å². The predicted molar refractivity (Wildman–Crippen MR) is 87.5 cm³/mol. The molecule has 2 aromatic carbocycles. The third kappa shape index (κ3) is 4.55. The van der Waals surface area contributed by atoms with Crippen molar-refractivity contribution in [2.45, 2.75) is 32.2 Å². The first-order chi connectivity index (χ1) is 10.1. The van der Waals surface area contributed by atoms with Crippen molar-refractivity contribution in [2.24, 2.45) is 0 Å². The normalized spacial score (nSPS) is 12.4. The van der Waals surface area contributed by atoms with Crippen molar-refractivity contribution in [3.8, 4) is 0 Å². The van der Waals surface area contributed by atoms with Gasteiger partial charge in [-0.05, 0) is 62.1 Å². The molecule has 112 valence electrons. The minimum Gasteiger partial charge on any atom is -0.317 e. The molecule has 3 heteroatoms. The second-order valence-corrected chi connectivity index (χ2v) is 5.83. The molecular weight excluding hydrogens is 285 g/mol. The maximum absolute atomic E-state index is 13.9. The second kappa shape index (κ2) is 7.58. The number of hydrogen-bond acceptors (Lipinski definition) is 1. The lowest BCUT2D eigenvalue weighted by atomic mass is 9.97. The van der Waals surface area contributed by atoms with Crippen molar-refractivity contribution in [1.29, 1.82) is 0 Å². The van der Waals surface area contributed by atoms with E-state index in [1.54, 1.807) is 12.1 Å². The fourth-order valence-corrected chi connectivity index (χ4v) is 2.68. The SMILES string of the molecule is CNC(CCc1ccccc1C)Cc1ccc(Cl)cc1F. The molecule has 0 aliphatic heterocycles. The average molecular weight is 306 g/mol. The van der Waals surface area contributed by atoms with Gasteiger partial charge in [0.05, 0.1) is 0 Å². The first kappa shape index (κ1) is 16.0. The van der Waals surface area contributed by atoms with Gasteiger partial charge in [0.25, 0.3) is 0 Å². The van der Waals surface area contributed by atoms with Crippen molar-refractivity contribution < 1.29 is 4.39 Å². The number of aryl methyl sites for hydroxylation is 2. The molecule has 0 aromatic heterocycles. The smallest absolute Gasteiger partial charge is 0.127 e. The van der Waals surface area contributed by atoms with Gasteiger partial charge in [-0.25, -0.2) is 4.39 Å². The van der Waals surface area contributed by atoms with Gasteiger partial charge in [0.2, 0.25) is 0 Å². The molecule has 0 amide bonds. The molecule has 2 aromatic rings. The monoisotopic (exact) mass is 305 g/mol. The third-order valence-corrected chi connectivity index (χ3v) is 4.15. The molecule has 1 nitrogen and oxygen atoms in total. The van der Waals surface area contributed by atoms with Crippen molar-refractivity contribution in [2.75, 3.05) is 7.05 Å². The Morgan fingerprint density at radius 2 is 1.90 bits per heavy atom. The molecule has 2 rings (SSSR count). The van der Waals surface area contributed by atoms with E-state index in [2.05, 4.69) is 36.5 Å². The van der Waals surface area contributed by atoms with Crippen LogP contribution < -0.4 is 5.32 Å². The summed E-state index contributed by atoms with van der Waals surface area (Å²) in [5.41, 5.74) is 3.38. The first-order valence-corrected chi connectivity index (χ1v) is 7.63. The second-order valence-electron chi connectivity index (χ2n) is 5.39. The molecule has 21 heavy (non-hydrogen) atoms. The van der Waals surface area contributed by atoms with Gasteiger partial charge in [0, 0.05) is 11.1 Å². The number of rotatable bonds is 6. The van der Waals surface area contributed by atoms with Gasteiger partial charge in [-0.2, -0.15) is 0 Å². The van der Waals surface area contributed by atoms with Crippen LogP contribution in [0, 0.1) is 12.7 Å². The van der Waals surface area contributed by atoms with E-state index >= 15 is 0 Å². The Bertz CT molecular complexity index is 598. The van der Waals surface area contributed by atoms with Crippen LogP contribution in [0.3, 0.4) is 0 Å². The molecule has 0 spiro atoms. The van der Waals surface area contributed by atoms with Gasteiger partial charge in [-0.3, -0.25) is 0 Å². The van der Waals surface area contributed by atoms with Gasteiger partial charge < -0.3 is 5.32 Å². The van der Waals surface area contributed by atoms with Crippen LogP contribution in [0.5, 0.6) is 0 Å². The van der Waals surface area contributed by atoms with E-state index in [0.29, 0.717) is 17.0 Å². The molecule has 0 fully saturated rings. The Kier molecular flexibility index (Phi) is 5.77. The van der Waals surface area contributed by atoms with Crippen LogP contribution in [0.15, 0.2) is 42.5 Å². The summed E-state index contributed by atoms with van der Waals surface area (Å²) >= 11 is 5.79. The van der Waals surface area contributed by atoms with Crippen molar-refractivity contribution in [3.05, 3.63) is 70.0 Å². The van der Waals surface area contributed by atoms with E-state index in [1.807, 2.05) is 7.05 Å². The minimum absolute atomic E-state index is 0.223. The molecule has 0 aliphatic rings. The average Bonchev–Trinajstić information content (AvgIpc) is 2.47. The molecule has 0 radical (unpaired) electrons. The highest BCUT2D eigenvalue weighted by molar-refractivity contribution is 6.30. The summed E-state index contributed by atoms with van der Waals surface area (Å²) in [5, 5.41) is 3.72. The summed E-state index contributed by atoms with van der Waals surface area (Å²) in [5.74, 6) is -0.223. The third-order valence-electron chi connectivity index (χ3n) is 3.91. The molecular formula is C18H21ClFN. The molecule has 1 unspecified atom stereocenters. The summed E-state index contributed by atoms with van der Waals surface area (Å²) in [6.07, 6.45) is 2.64. The topological polar surface area (TPSA) is 12.0 Å². The Labute approximate surface area is 131 Å². The van der Waals surface area contributed by atoms with Crippen LogP contribution in [0.4, 0.5) is 4.39 Å². The van der Waals surface area contributed by atoms with Crippen molar-refractivity contribution >= 4 is 11.6 Å². The fraction of sp³-hybridized carbons (Fsp3) is 0.333. The Balaban J connectivity index is 1.99. The van der Waals surface area contributed by atoms with E-state index in [0.717, 1.165) is 12.8 Å². The molecule has 1 N–H and O–H groups in total. The van der Waals surface area contributed by atoms with Crippen molar-refractivity contribution in [1.82, 2.24) is 5.32 Å². The van der Waals surface area contributed by atoms with Crippen LogP contribution in [0.25, 0.3) is 0 Å². The standard InChI is InChI=1S/C18H21ClFN/c1-13-5-3-4-6-14(13)8-10-17(21-2)11-15-7-9-16(19)12-18(15)20/h3-7,9,12,17,21H,8,10-11H2,1-2H3. The summed E-state index contributed by atoms with van der Waals surface area (Å²) < 4.78 is 13.9. The number of benzene rings is 2. The van der Waals surface area contributed by atoms with E-state index in [9.17, 15) is 4.39 Å². The fourth-order valence-electron chi connectivity index (χ4n) is 2.52. The van der Waals surface area contributed by atoms with E-state index in [-0.39, 0.29) is 11.9 Å². The maximum Gasteiger partial charge on any atom is 0.127 e. The van der Waals surface area contributed by atoms with Gasteiger partial charge >= 0.3 is 0 Å². The van der Waals surface area contributed by atoms with Crippen LogP contribution in [-0.2, 0) is 12.8 Å². The minimum atomic E-state index is -0.223. The van der Waals surface area contributed by atoms with E-state index in [1.165, 1.54) is 17.2 Å². The molecule has 1 atom stereocenters. The highest BCUT2D eigenvalue weighted by atomic mass is 35.5. The lowest BCUT2D eigenvalue weighted by Crippen LogP contribution is -2.28. The Morgan fingerprint density at radius 3 is 2.57 bits per heavy atom. The Hall–Kier alpha value is -1.38. The van der Waals surface area contributed by atoms with Gasteiger partial charge in [-0.1, -0.05) is 41.9 Å².